The maximum atomic E-state index is 11.7. The van der Waals surface area contributed by atoms with E-state index in [9.17, 15) is 9.70 Å². The highest BCUT2D eigenvalue weighted by Crippen LogP contribution is 2.28. The second kappa shape index (κ2) is 12.1. The van der Waals surface area contributed by atoms with Crippen LogP contribution in [0.5, 0.6) is 11.5 Å². The Morgan fingerprint density at radius 1 is 1.12 bits per heavy atom. The molecule has 6 heteroatoms. The van der Waals surface area contributed by atoms with Crippen LogP contribution in [0, 0.1) is 4.91 Å². The van der Waals surface area contributed by atoms with Crippen molar-refractivity contribution in [1.29, 1.82) is 0 Å². The number of carbonyl (C=O) groups excluding carboxylic acids is 1. The van der Waals surface area contributed by atoms with Gasteiger partial charge in [0.25, 0.3) is 0 Å². The van der Waals surface area contributed by atoms with Crippen LogP contribution in [0.4, 0.5) is 0 Å². The predicted octanol–water partition coefficient (Wildman–Crippen LogP) is 4.67. The molecule has 0 fully saturated rings. The highest BCUT2D eigenvalue weighted by atomic mass is 16.7. The maximum Gasteiger partial charge on any atom is 0.330 e. The van der Waals surface area contributed by atoms with Gasteiger partial charge in [-0.25, -0.2) is 4.79 Å². The molecule has 1 aromatic rings. The van der Waals surface area contributed by atoms with E-state index in [1.165, 1.54) is 38.9 Å². The lowest BCUT2D eigenvalue weighted by molar-refractivity contribution is -0.137. The summed E-state index contributed by atoms with van der Waals surface area (Å²) in [6, 6.07) is 4.86. The Morgan fingerprint density at radius 2 is 1.88 bits per heavy atom. The first-order valence-corrected chi connectivity index (χ1v) is 8.23. The van der Waals surface area contributed by atoms with E-state index in [4.69, 9.17) is 9.47 Å². The van der Waals surface area contributed by atoms with Crippen molar-refractivity contribution >= 4 is 12.0 Å². The normalized spacial score (nSPS) is 10.6. The predicted molar refractivity (Wildman–Crippen MR) is 92.8 cm³/mol. The van der Waals surface area contributed by atoms with Crippen molar-refractivity contribution in [2.24, 2.45) is 5.34 Å². The summed E-state index contributed by atoms with van der Waals surface area (Å²) in [6.45, 7) is 2.62. The second-order valence-corrected chi connectivity index (χ2v) is 5.34. The van der Waals surface area contributed by atoms with Gasteiger partial charge in [0.15, 0.2) is 11.1 Å². The number of benzene rings is 1. The molecule has 0 atom stereocenters. The summed E-state index contributed by atoms with van der Waals surface area (Å²) in [6.07, 6.45) is 9.87. The van der Waals surface area contributed by atoms with Gasteiger partial charge >= 0.3 is 5.97 Å². The summed E-state index contributed by atoms with van der Waals surface area (Å²) in [5.41, 5.74) is 0.724. The van der Waals surface area contributed by atoms with Crippen molar-refractivity contribution < 1.29 is 19.1 Å². The molecule has 0 aliphatic rings. The van der Waals surface area contributed by atoms with Crippen molar-refractivity contribution in [3.8, 4) is 11.5 Å². The lowest BCUT2D eigenvalue weighted by Gasteiger charge is -2.05. The Labute approximate surface area is 142 Å². The van der Waals surface area contributed by atoms with Gasteiger partial charge in [-0.2, -0.15) is 0 Å². The average molecular weight is 335 g/mol. The van der Waals surface area contributed by atoms with Crippen LogP contribution in [0.25, 0.3) is 6.08 Å². The molecule has 24 heavy (non-hydrogen) atoms. The molecular weight excluding hydrogens is 310 g/mol. The molecule has 1 rings (SSSR count). The minimum atomic E-state index is -0.377. The number of ether oxygens (including phenoxy) is 2. The molecule has 0 bridgehead atoms. The van der Waals surface area contributed by atoms with Gasteiger partial charge in [0, 0.05) is 6.08 Å². The first kappa shape index (κ1) is 19.7. The van der Waals surface area contributed by atoms with E-state index in [2.05, 4.69) is 17.1 Å². The van der Waals surface area contributed by atoms with Crippen molar-refractivity contribution in [3.63, 3.8) is 0 Å². The van der Waals surface area contributed by atoms with Crippen LogP contribution >= 0.6 is 0 Å². The summed E-state index contributed by atoms with van der Waals surface area (Å²) in [4.78, 5) is 26.3. The fourth-order valence-corrected chi connectivity index (χ4v) is 2.17. The molecule has 0 unspecified atom stereocenters. The number of rotatable bonds is 12. The molecule has 0 saturated heterocycles. The van der Waals surface area contributed by atoms with Crippen LogP contribution in [0.1, 0.15) is 51.0 Å². The number of hydrogen-bond acceptors (Lipinski definition) is 6. The van der Waals surface area contributed by atoms with Crippen LogP contribution < -0.4 is 9.57 Å². The number of hydrogen-bond donors (Lipinski definition) is 0. The number of carbonyl (C=O) groups is 1. The fourth-order valence-electron chi connectivity index (χ4n) is 2.17. The van der Waals surface area contributed by atoms with Gasteiger partial charge < -0.3 is 14.3 Å². The molecule has 0 radical (unpaired) electrons. The third-order valence-corrected chi connectivity index (χ3v) is 3.48. The van der Waals surface area contributed by atoms with Crippen molar-refractivity contribution in [3.05, 3.63) is 34.7 Å². The molecule has 6 nitrogen and oxygen atoms in total. The van der Waals surface area contributed by atoms with E-state index in [1.807, 2.05) is 0 Å². The summed E-state index contributed by atoms with van der Waals surface area (Å²) in [5.74, 6) is 0.199. The monoisotopic (exact) mass is 335 g/mol. The zero-order valence-electron chi connectivity index (χ0n) is 14.3. The number of unbranched alkanes of at least 4 members (excludes halogenated alkanes) is 5. The smallest absolute Gasteiger partial charge is 0.330 e. The number of nitrogens with zero attached hydrogens (tertiary/aromatic N) is 1. The zero-order chi connectivity index (χ0) is 17.6. The van der Waals surface area contributed by atoms with Gasteiger partial charge in [0.1, 0.15) is 0 Å². The minimum Gasteiger partial charge on any atom is -0.493 e. The lowest BCUT2D eigenvalue weighted by atomic mass is 10.1. The van der Waals surface area contributed by atoms with Gasteiger partial charge in [0.05, 0.1) is 13.7 Å². The molecule has 0 aromatic heterocycles. The SMILES string of the molecule is CCCCCCCCOC(=O)C=Cc1ccc(ON=O)c(OC)c1. The van der Waals surface area contributed by atoms with Gasteiger partial charge in [-0.15, -0.1) is 4.91 Å². The molecule has 0 aliphatic heterocycles. The first-order valence-electron chi connectivity index (χ1n) is 8.23. The molecule has 132 valence electrons. The number of esters is 1. The standard InChI is InChI=1S/C18H25NO5/c1-3-4-5-6-7-8-13-23-18(20)12-10-15-9-11-16(24-19-21)17(14-15)22-2/h9-12,14H,3-8,13H2,1-2H3. The number of methoxy groups -OCH3 is 1. The van der Waals surface area contributed by atoms with Crippen LogP contribution in [-0.4, -0.2) is 19.7 Å². The third-order valence-electron chi connectivity index (χ3n) is 3.48. The second-order valence-electron chi connectivity index (χ2n) is 5.34. The third kappa shape index (κ3) is 7.76. The summed E-state index contributed by atoms with van der Waals surface area (Å²) in [5, 5.41) is 2.36. The molecule has 0 N–H and O–H groups in total. The van der Waals surface area contributed by atoms with Crippen molar-refractivity contribution in [2.45, 2.75) is 45.4 Å². The Balaban J connectivity index is 2.37. The largest absolute Gasteiger partial charge is 0.493 e. The molecule has 1 aromatic carbocycles. The van der Waals surface area contributed by atoms with Gasteiger partial charge in [-0.05, 0) is 30.2 Å². The molecule has 0 amide bonds. The van der Waals surface area contributed by atoms with E-state index in [0.29, 0.717) is 12.4 Å². The van der Waals surface area contributed by atoms with Crippen molar-refractivity contribution in [2.75, 3.05) is 13.7 Å². The maximum absolute atomic E-state index is 11.7. The minimum absolute atomic E-state index is 0.218. The highest BCUT2D eigenvalue weighted by Gasteiger charge is 2.06. The first-order chi connectivity index (χ1) is 11.7. The van der Waals surface area contributed by atoms with E-state index in [1.54, 1.807) is 24.3 Å². The van der Waals surface area contributed by atoms with E-state index >= 15 is 0 Å². The average Bonchev–Trinajstić information content (AvgIpc) is 2.60. The lowest BCUT2D eigenvalue weighted by Crippen LogP contribution is -2.02. The fraction of sp³-hybridized carbons (Fsp3) is 0.500. The van der Waals surface area contributed by atoms with E-state index in [0.717, 1.165) is 18.4 Å². The summed E-state index contributed by atoms with van der Waals surface area (Å²) >= 11 is 0. The molecule has 0 saturated carbocycles. The zero-order valence-corrected chi connectivity index (χ0v) is 14.3. The Morgan fingerprint density at radius 3 is 2.58 bits per heavy atom. The Bertz CT molecular complexity index is 542. The van der Waals surface area contributed by atoms with Gasteiger partial charge in [0.2, 0.25) is 5.75 Å². The highest BCUT2D eigenvalue weighted by molar-refractivity contribution is 5.87. The van der Waals surface area contributed by atoms with Crippen LogP contribution in [-0.2, 0) is 9.53 Å². The molecule has 0 spiro atoms. The van der Waals surface area contributed by atoms with Crippen molar-refractivity contribution in [1.82, 2.24) is 0 Å². The van der Waals surface area contributed by atoms with E-state index in [-0.39, 0.29) is 11.7 Å². The van der Waals surface area contributed by atoms with Gasteiger partial charge in [-0.1, -0.05) is 45.1 Å². The van der Waals surface area contributed by atoms with Crippen LogP contribution in [0.3, 0.4) is 0 Å². The van der Waals surface area contributed by atoms with Gasteiger partial charge in [-0.3, -0.25) is 0 Å². The topological polar surface area (TPSA) is 74.2 Å². The van der Waals surface area contributed by atoms with Crippen LogP contribution in [0.15, 0.2) is 29.6 Å². The quantitative estimate of drug-likeness (QED) is 0.182. The van der Waals surface area contributed by atoms with Crippen LogP contribution in [0.2, 0.25) is 0 Å². The molecular formula is C18H25NO5. The Hall–Kier alpha value is -2.37. The van der Waals surface area contributed by atoms with E-state index < -0.39 is 0 Å². The summed E-state index contributed by atoms with van der Waals surface area (Å²) in [7, 11) is 1.45. The Kier molecular flexibility index (Phi) is 9.92. The molecule has 0 aliphatic carbocycles. The molecule has 0 heterocycles. The summed E-state index contributed by atoms with van der Waals surface area (Å²) < 4.78 is 10.2.